The van der Waals surface area contributed by atoms with Crippen LogP contribution in [0, 0.1) is 6.92 Å². The van der Waals surface area contributed by atoms with Crippen molar-refractivity contribution in [2.24, 2.45) is 0 Å². The van der Waals surface area contributed by atoms with Gasteiger partial charge in [-0.3, -0.25) is 9.59 Å². The van der Waals surface area contributed by atoms with Crippen LogP contribution in [-0.4, -0.2) is 17.1 Å². The standard InChI is InChI=1S/C23H21BrN2O2S/c1-15-4-3-5-17(14-15)23(28)26-20-10-12-21(13-11-20)29-16(2)22(27)25-19-8-6-18(24)7-9-19/h3-14,16H,1-2H3,(H,25,27)(H,26,28). The lowest BCUT2D eigenvalue weighted by atomic mass is 10.1. The van der Waals surface area contributed by atoms with Gasteiger partial charge < -0.3 is 10.6 Å². The normalized spacial score (nSPS) is 11.6. The lowest BCUT2D eigenvalue weighted by Crippen LogP contribution is -2.22. The highest BCUT2D eigenvalue weighted by atomic mass is 79.9. The second-order valence-electron chi connectivity index (χ2n) is 6.60. The number of nitrogens with one attached hydrogen (secondary N) is 2. The minimum atomic E-state index is -0.258. The fourth-order valence-electron chi connectivity index (χ4n) is 2.64. The highest BCUT2D eigenvalue weighted by Crippen LogP contribution is 2.26. The third-order valence-electron chi connectivity index (χ3n) is 4.19. The zero-order valence-corrected chi connectivity index (χ0v) is 18.5. The van der Waals surface area contributed by atoms with Crippen molar-refractivity contribution < 1.29 is 9.59 Å². The number of amides is 2. The maximum atomic E-state index is 12.4. The number of aryl methyl sites for hydroxylation is 1. The molecular formula is C23H21BrN2O2S. The minimum absolute atomic E-state index is 0.0610. The van der Waals surface area contributed by atoms with Gasteiger partial charge in [-0.15, -0.1) is 11.8 Å². The van der Waals surface area contributed by atoms with Crippen molar-refractivity contribution in [3.63, 3.8) is 0 Å². The van der Waals surface area contributed by atoms with Gasteiger partial charge in [0.25, 0.3) is 5.91 Å². The Bertz CT molecular complexity index is 1000. The van der Waals surface area contributed by atoms with Gasteiger partial charge in [0.2, 0.25) is 5.91 Å². The zero-order valence-electron chi connectivity index (χ0n) is 16.1. The Morgan fingerprint density at radius 3 is 2.17 bits per heavy atom. The van der Waals surface area contributed by atoms with E-state index in [-0.39, 0.29) is 17.1 Å². The molecule has 1 unspecified atom stereocenters. The average Bonchev–Trinajstić information content (AvgIpc) is 2.71. The van der Waals surface area contributed by atoms with Crippen LogP contribution in [0.5, 0.6) is 0 Å². The Labute approximate surface area is 183 Å². The Morgan fingerprint density at radius 1 is 0.897 bits per heavy atom. The molecule has 4 nitrogen and oxygen atoms in total. The smallest absolute Gasteiger partial charge is 0.255 e. The molecule has 0 aromatic heterocycles. The molecule has 6 heteroatoms. The molecule has 0 bridgehead atoms. The van der Waals surface area contributed by atoms with Crippen LogP contribution in [-0.2, 0) is 4.79 Å². The van der Waals surface area contributed by atoms with Crippen molar-refractivity contribution in [3.05, 3.63) is 88.4 Å². The zero-order chi connectivity index (χ0) is 20.8. The Kier molecular flexibility index (Phi) is 7.12. The van der Waals surface area contributed by atoms with Crippen LogP contribution in [0.2, 0.25) is 0 Å². The molecule has 3 rings (SSSR count). The molecule has 0 aliphatic rings. The number of hydrogen-bond acceptors (Lipinski definition) is 3. The highest BCUT2D eigenvalue weighted by molar-refractivity contribution is 9.10. The van der Waals surface area contributed by atoms with E-state index in [1.54, 1.807) is 6.07 Å². The fourth-order valence-corrected chi connectivity index (χ4v) is 3.77. The van der Waals surface area contributed by atoms with Crippen LogP contribution in [0.15, 0.2) is 82.2 Å². The predicted molar refractivity (Wildman–Crippen MR) is 124 cm³/mol. The molecule has 0 aliphatic carbocycles. The summed E-state index contributed by atoms with van der Waals surface area (Å²) < 4.78 is 0.965. The van der Waals surface area contributed by atoms with E-state index in [9.17, 15) is 9.59 Å². The van der Waals surface area contributed by atoms with Gasteiger partial charge >= 0.3 is 0 Å². The van der Waals surface area contributed by atoms with Gasteiger partial charge in [-0.2, -0.15) is 0 Å². The summed E-state index contributed by atoms with van der Waals surface area (Å²) in [5.74, 6) is -0.203. The molecule has 0 radical (unpaired) electrons. The minimum Gasteiger partial charge on any atom is -0.325 e. The first-order valence-corrected chi connectivity index (χ1v) is 10.8. The number of anilines is 2. The number of benzene rings is 3. The fraction of sp³-hybridized carbons (Fsp3) is 0.130. The first kappa shape index (κ1) is 21.1. The van der Waals surface area contributed by atoms with Crippen LogP contribution in [0.25, 0.3) is 0 Å². The molecule has 2 N–H and O–H groups in total. The van der Waals surface area contributed by atoms with Gasteiger partial charge in [-0.1, -0.05) is 33.6 Å². The molecule has 0 saturated carbocycles. The summed E-state index contributed by atoms with van der Waals surface area (Å²) in [6, 6.07) is 22.4. The molecular weight excluding hydrogens is 448 g/mol. The highest BCUT2D eigenvalue weighted by Gasteiger charge is 2.15. The van der Waals surface area contributed by atoms with E-state index < -0.39 is 0 Å². The van der Waals surface area contributed by atoms with Crippen molar-refractivity contribution in [3.8, 4) is 0 Å². The Balaban J connectivity index is 1.56. The largest absolute Gasteiger partial charge is 0.325 e. The summed E-state index contributed by atoms with van der Waals surface area (Å²) >= 11 is 4.84. The van der Waals surface area contributed by atoms with Gasteiger partial charge in [-0.05, 0) is 74.5 Å². The van der Waals surface area contributed by atoms with E-state index in [1.165, 1.54) is 11.8 Å². The van der Waals surface area contributed by atoms with Crippen LogP contribution in [0.4, 0.5) is 11.4 Å². The molecule has 1 atom stereocenters. The molecule has 2 amide bonds. The SMILES string of the molecule is Cc1cccc(C(=O)Nc2ccc(SC(C)C(=O)Nc3ccc(Br)cc3)cc2)c1. The van der Waals surface area contributed by atoms with Crippen LogP contribution >= 0.6 is 27.7 Å². The van der Waals surface area contributed by atoms with Gasteiger partial charge in [0.15, 0.2) is 0 Å². The van der Waals surface area contributed by atoms with Gasteiger partial charge in [0, 0.05) is 26.3 Å². The molecule has 0 fully saturated rings. The van der Waals surface area contributed by atoms with Crippen molar-refractivity contribution >= 4 is 50.9 Å². The molecule has 0 aliphatic heterocycles. The van der Waals surface area contributed by atoms with Crippen molar-refractivity contribution in [2.75, 3.05) is 10.6 Å². The number of carbonyl (C=O) groups is 2. The second kappa shape index (κ2) is 9.76. The first-order chi connectivity index (χ1) is 13.9. The number of thioether (sulfide) groups is 1. The summed E-state index contributed by atoms with van der Waals surface area (Å²) in [5.41, 5.74) is 3.15. The summed E-state index contributed by atoms with van der Waals surface area (Å²) in [6.07, 6.45) is 0. The Morgan fingerprint density at radius 2 is 1.52 bits per heavy atom. The van der Waals surface area contributed by atoms with E-state index in [2.05, 4.69) is 26.6 Å². The maximum Gasteiger partial charge on any atom is 0.255 e. The van der Waals surface area contributed by atoms with Crippen LogP contribution < -0.4 is 10.6 Å². The lowest BCUT2D eigenvalue weighted by molar-refractivity contribution is -0.115. The number of rotatable bonds is 6. The quantitative estimate of drug-likeness (QED) is 0.427. The predicted octanol–water partition coefficient (Wildman–Crippen LogP) is 6.13. The summed E-state index contributed by atoms with van der Waals surface area (Å²) in [4.78, 5) is 25.7. The maximum absolute atomic E-state index is 12.4. The topological polar surface area (TPSA) is 58.2 Å². The van der Waals surface area contributed by atoms with Crippen molar-refractivity contribution in [1.29, 1.82) is 0 Å². The molecule has 3 aromatic rings. The van der Waals surface area contributed by atoms with Crippen LogP contribution in [0.1, 0.15) is 22.8 Å². The van der Waals surface area contributed by atoms with E-state index in [0.717, 1.165) is 20.6 Å². The summed E-state index contributed by atoms with van der Waals surface area (Å²) in [5, 5.41) is 5.55. The third-order valence-corrected chi connectivity index (χ3v) is 5.83. The third kappa shape index (κ3) is 6.21. The second-order valence-corrected chi connectivity index (χ2v) is 8.93. The number of halogens is 1. The molecule has 0 spiro atoms. The van der Waals surface area contributed by atoms with Gasteiger partial charge in [0.1, 0.15) is 0 Å². The molecule has 3 aromatic carbocycles. The molecule has 0 heterocycles. The van der Waals surface area contributed by atoms with Gasteiger partial charge in [-0.25, -0.2) is 0 Å². The summed E-state index contributed by atoms with van der Waals surface area (Å²) in [6.45, 7) is 3.82. The number of hydrogen-bond donors (Lipinski definition) is 2. The molecule has 29 heavy (non-hydrogen) atoms. The van der Waals surface area contributed by atoms with E-state index >= 15 is 0 Å². The lowest BCUT2D eigenvalue weighted by Gasteiger charge is -2.13. The van der Waals surface area contributed by atoms with E-state index in [1.807, 2.05) is 80.6 Å². The van der Waals surface area contributed by atoms with Crippen molar-refractivity contribution in [2.45, 2.75) is 24.0 Å². The summed E-state index contributed by atoms with van der Waals surface area (Å²) in [7, 11) is 0. The van der Waals surface area contributed by atoms with Gasteiger partial charge in [0.05, 0.1) is 5.25 Å². The molecule has 148 valence electrons. The number of carbonyl (C=O) groups excluding carboxylic acids is 2. The first-order valence-electron chi connectivity index (χ1n) is 9.12. The monoisotopic (exact) mass is 468 g/mol. The van der Waals surface area contributed by atoms with Crippen molar-refractivity contribution in [1.82, 2.24) is 0 Å². The average molecular weight is 469 g/mol. The Hall–Kier alpha value is -2.57. The van der Waals surface area contributed by atoms with E-state index in [0.29, 0.717) is 11.3 Å². The molecule has 0 saturated heterocycles. The van der Waals surface area contributed by atoms with E-state index in [4.69, 9.17) is 0 Å². The van der Waals surface area contributed by atoms with Crippen LogP contribution in [0.3, 0.4) is 0 Å².